The van der Waals surface area contributed by atoms with Gasteiger partial charge >= 0.3 is 0 Å². The molecule has 0 amide bonds. The predicted molar refractivity (Wildman–Crippen MR) is 104 cm³/mol. The lowest BCUT2D eigenvalue weighted by molar-refractivity contribution is 0.0272. The number of thiophene rings is 1. The zero-order valence-corrected chi connectivity index (χ0v) is 15.0. The summed E-state index contributed by atoms with van der Waals surface area (Å²) in [5, 5.41) is 6.80. The van der Waals surface area contributed by atoms with Crippen LogP contribution in [0.5, 0.6) is 0 Å². The highest BCUT2D eigenvalue weighted by atomic mass is 32.1. The van der Waals surface area contributed by atoms with Crippen LogP contribution in [0.3, 0.4) is 0 Å². The summed E-state index contributed by atoms with van der Waals surface area (Å²) >= 11 is 1.70. The largest absolute Gasteiger partial charge is 0.358 e. The number of ether oxygens (including phenoxy) is 1. The topological polar surface area (TPSA) is 50.1 Å². The molecule has 4 heterocycles. The molecule has 3 aromatic rings. The number of hydrazone groups is 1. The number of aromatic nitrogens is 1. The molecular weight excluding hydrogens is 344 g/mol. The summed E-state index contributed by atoms with van der Waals surface area (Å²) in [4.78, 5) is 11.3. The number of aliphatic imine (C=N–C) groups is 1. The average Bonchev–Trinajstić information content (AvgIpc) is 3.35. The van der Waals surface area contributed by atoms with Gasteiger partial charge in [-0.25, -0.2) is 5.01 Å². The molecule has 0 N–H and O–H groups in total. The van der Waals surface area contributed by atoms with E-state index >= 15 is 0 Å². The van der Waals surface area contributed by atoms with E-state index in [0.717, 1.165) is 38.1 Å². The molecule has 5 rings (SSSR count). The molecule has 1 atom stereocenters. The fourth-order valence-corrected chi connectivity index (χ4v) is 4.27. The van der Waals surface area contributed by atoms with Gasteiger partial charge in [0.05, 0.1) is 22.0 Å². The van der Waals surface area contributed by atoms with E-state index in [9.17, 15) is 0 Å². The smallest absolute Gasteiger partial charge is 0.171 e. The first-order valence-electron chi connectivity index (χ1n) is 8.41. The lowest BCUT2D eigenvalue weighted by Gasteiger charge is -2.28. The molecule has 0 bridgehead atoms. The van der Waals surface area contributed by atoms with Crippen LogP contribution < -0.4 is 0 Å². The first-order valence-corrected chi connectivity index (χ1v) is 9.23. The van der Waals surface area contributed by atoms with E-state index in [0.29, 0.717) is 6.54 Å². The maximum atomic E-state index is 5.55. The van der Waals surface area contributed by atoms with Crippen LogP contribution >= 0.6 is 11.3 Å². The van der Waals surface area contributed by atoms with Crippen LogP contribution in [0.4, 0.5) is 0 Å². The number of methoxy groups -OCH3 is 1. The molecule has 0 fully saturated rings. The average molecular weight is 360 g/mol. The van der Waals surface area contributed by atoms with Crippen molar-refractivity contribution < 1.29 is 4.74 Å². The highest BCUT2D eigenvalue weighted by Gasteiger charge is 2.35. The number of benzene rings is 1. The van der Waals surface area contributed by atoms with Gasteiger partial charge < -0.3 is 4.74 Å². The maximum absolute atomic E-state index is 5.55. The highest BCUT2D eigenvalue weighted by Crippen LogP contribution is 2.33. The van der Waals surface area contributed by atoms with E-state index in [1.165, 1.54) is 0 Å². The standard InChI is InChI=1S/C20H16N4OS/c1-25-18-12-22-20-14-7-3-2-6-13(14)19(23-24(18)20)17-10-9-16(26-17)15-8-4-5-11-21-15/h2-11,18H,12H2,1H3. The molecule has 26 heavy (non-hydrogen) atoms. The molecule has 1 aromatic carbocycles. The molecule has 2 aromatic heterocycles. The van der Waals surface area contributed by atoms with E-state index in [-0.39, 0.29) is 6.23 Å². The molecule has 0 radical (unpaired) electrons. The van der Waals surface area contributed by atoms with Crippen molar-refractivity contribution in [2.75, 3.05) is 13.7 Å². The van der Waals surface area contributed by atoms with Gasteiger partial charge in [0.25, 0.3) is 0 Å². The van der Waals surface area contributed by atoms with Crippen molar-refractivity contribution in [3.8, 4) is 10.6 Å². The highest BCUT2D eigenvalue weighted by molar-refractivity contribution is 7.17. The van der Waals surface area contributed by atoms with Crippen LogP contribution in [0.2, 0.25) is 0 Å². The van der Waals surface area contributed by atoms with Crippen molar-refractivity contribution in [3.63, 3.8) is 0 Å². The van der Waals surface area contributed by atoms with Crippen LogP contribution in [0, 0.1) is 0 Å². The maximum Gasteiger partial charge on any atom is 0.171 e. The van der Waals surface area contributed by atoms with Crippen LogP contribution in [0.15, 0.2) is 70.9 Å². The summed E-state index contributed by atoms with van der Waals surface area (Å²) in [6.45, 7) is 0.598. The Kier molecular flexibility index (Phi) is 3.65. The van der Waals surface area contributed by atoms with E-state index in [1.54, 1.807) is 18.4 Å². The molecule has 6 heteroatoms. The molecular formula is C20H16N4OS. The molecule has 2 aliphatic heterocycles. The third kappa shape index (κ3) is 2.38. The number of nitrogens with zero attached hydrogens (tertiary/aromatic N) is 4. The van der Waals surface area contributed by atoms with Gasteiger partial charge in [0.1, 0.15) is 5.71 Å². The van der Waals surface area contributed by atoms with Gasteiger partial charge in [-0.1, -0.05) is 30.3 Å². The van der Waals surface area contributed by atoms with Crippen LogP contribution in [-0.4, -0.2) is 41.4 Å². The Balaban J connectivity index is 1.62. The summed E-state index contributed by atoms with van der Waals surface area (Å²) in [6.07, 6.45) is 1.67. The molecule has 1 unspecified atom stereocenters. The second-order valence-corrected chi connectivity index (χ2v) is 7.16. The summed E-state index contributed by atoms with van der Waals surface area (Å²) in [5.41, 5.74) is 4.14. The van der Waals surface area contributed by atoms with Gasteiger partial charge in [-0.2, -0.15) is 5.10 Å². The van der Waals surface area contributed by atoms with Crippen LogP contribution in [-0.2, 0) is 4.74 Å². The number of pyridine rings is 1. The minimum absolute atomic E-state index is 0.149. The lowest BCUT2D eigenvalue weighted by atomic mass is 9.99. The summed E-state index contributed by atoms with van der Waals surface area (Å²) in [5.74, 6) is 0.887. The molecule has 0 spiro atoms. The SMILES string of the molecule is COC1CN=C2c3ccccc3C(c3ccc(-c4ccccn4)s3)=NN21. The normalized spacial score (nSPS) is 18.2. The Hall–Kier alpha value is -2.83. The molecule has 0 saturated carbocycles. The zero-order chi connectivity index (χ0) is 17.5. The van der Waals surface area contributed by atoms with Crippen molar-refractivity contribution in [3.05, 3.63) is 76.8 Å². The number of hydrogen-bond acceptors (Lipinski definition) is 6. The summed E-state index contributed by atoms with van der Waals surface area (Å²) < 4.78 is 5.55. The molecule has 0 saturated heterocycles. The number of rotatable bonds is 3. The van der Waals surface area contributed by atoms with Gasteiger partial charge in [0.2, 0.25) is 0 Å². The lowest BCUT2D eigenvalue weighted by Crippen LogP contribution is -2.38. The van der Waals surface area contributed by atoms with Crippen molar-refractivity contribution in [2.45, 2.75) is 6.23 Å². The molecule has 5 nitrogen and oxygen atoms in total. The third-order valence-electron chi connectivity index (χ3n) is 4.55. The van der Waals surface area contributed by atoms with Gasteiger partial charge in [0, 0.05) is 24.4 Å². The second kappa shape index (κ2) is 6.16. The van der Waals surface area contributed by atoms with Crippen molar-refractivity contribution in [1.82, 2.24) is 9.99 Å². The minimum Gasteiger partial charge on any atom is -0.358 e. The summed E-state index contributed by atoms with van der Waals surface area (Å²) in [6, 6.07) is 18.5. The Morgan fingerprint density at radius 3 is 2.62 bits per heavy atom. The number of fused-ring (bicyclic) bond motifs is 3. The Labute approximate surface area is 155 Å². The zero-order valence-electron chi connectivity index (χ0n) is 14.2. The predicted octanol–water partition coefficient (Wildman–Crippen LogP) is 3.61. The summed E-state index contributed by atoms with van der Waals surface area (Å²) in [7, 11) is 1.70. The van der Waals surface area contributed by atoms with Crippen molar-refractivity contribution >= 4 is 22.9 Å². The van der Waals surface area contributed by atoms with Crippen molar-refractivity contribution in [1.29, 1.82) is 0 Å². The third-order valence-corrected chi connectivity index (χ3v) is 5.66. The molecule has 2 aliphatic rings. The quantitative estimate of drug-likeness (QED) is 0.717. The van der Waals surface area contributed by atoms with Gasteiger partial charge in [0.15, 0.2) is 12.1 Å². The van der Waals surface area contributed by atoms with E-state index < -0.39 is 0 Å². The van der Waals surface area contributed by atoms with E-state index in [4.69, 9.17) is 9.84 Å². The fourth-order valence-electron chi connectivity index (χ4n) is 3.28. The Morgan fingerprint density at radius 2 is 1.81 bits per heavy atom. The monoisotopic (exact) mass is 360 g/mol. The van der Waals surface area contributed by atoms with Crippen molar-refractivity contribution in [2.24, 2.45) is 10.1 Å². The van der Waals surface area contributed by atoms with Crippen LogP contribution in [0.1, 0.15) is 16.0 Å². The second-order valence-electron chi connectivity index (χ2n) is 6.07. The first kappa shape index (κ1) is 15.4. The Bertz CT molecular complexity index is 1030. The number of amidine groups is 1. The fraction of sp³-hybridized carbons (Fsp3) is 0.150. The van der Waals surface area contributed by atoms with E-state index in [2.05, 4.69) is 34.2 Å². The van der Waals surface area contributed by atoms with Gasteiger partial charge in [-0.3, -0.25) is 9.98 Å². The first-order chi connectivity index (χ1) is 12.8. The molecule has 0 aliphatic carbocycles. The molecule has 128 valence electrons. The van der Waals surface area contributed by atoms with E-state index in [1.807, 2.05) is 41.5 Å². The Morgan fingerprint density at radius 1 is 1.00 bits per heavy atom. The minimum atomic E-state index is -0.149. The van der Waals surface area contributed by atoms with Crippen LogP contribution in [0.25, 0.3) is 10.6 Å². The number of hydrogen-bond donors (Lipinski definition) is 0. The van der Waals surface area contributed by atoms with Gasteiger partial charge in [-0.15, -0.1) is 11.3 Å². The van der Waals surface area contributed by atoms with Gasteiger partial charge in [-0.05, 0) is 24.3 Å².